The number of amides is 1. The van der Waals surface area contributed by atoms with Gasteiger partial charge in [0.15, 0.2) is 0 Å². The number of hydrogen-bond acceptors (Lipinski definition) is 6. The van der Waals surface area contributed by atoms with E-state index in [-0.39, 0.29) is 16.8 Å². The molecule has 0 bridgehead atoms. The molecule has 1 amide bonds. The minimum absolute atomic E-state index is 0.0304. The van der Waals surface area contributed by atoms with Crippen LogP contribution >= 0.6 is 11.8 Å². The summed E-state index contributed by atoms with van der Waals surface area (Å²) >= 11 is 1.35. The SMILES string of the molecule is C[C@H](Sc1ccc([N+](=O)[O-])cc1)C(=O)NCc1ccnc(-n2ccnc2)c1. The van der Waals surface area contributed by atoms with Gasteiger partial charge in [-0.25, -0.2) is 9.97 Å². The number of nitro benzene ring substituents is 1. The van der Waals surface area contributed by atoms with Gasteiger partial charge >= 0.3 is 0 Å². The van der Waals surface area contributed by atoms with Crippen LogP contribution in [0.3, 0.4) is 0 Å². The van der Waals surface area contributed by atoms with Gasteiger partial charge in [0, 0.05) is 42.2 Å². The quantitative estimate of drug-likeness (QED) is 0.382. The van der Waals surface area contributed by atoms with Gasteiger partial charge < -0.3 is 5.32 Å². The normalized spacial score (nSPS) is 11.7. The Hall–Kier alpha value is -3.20. The van der Waals surface area contributed by atoms with Crippen molar-refractivity contribution in [3.8, 4) is 5.82 Å². The highest BCUT2D eigenvalue weighted by Gasteiger charge is 2.15. The lowest BCUT2D eigenvalue weighted by Crippen LogP contribution is -2.30. The Balaban J connectivity index is 1.55. The van der Waals surface area contributed by atoms with E-state index in [4.69, 9.17) is 0 Å². The number of carbonyl (C=O) groups excluding carboxylic acids is 1. The van der Waals surface area contributed by atoms with Crippen molar-refractivity contribution in [1.82, 2.24) is 19.9 Å². The van der Waals surface area contributed by atoms with Gasteiger partial charge in [0.2, 0.25) is 5.91 Å². The number of nitrogens with zero attached hydrogens (tertiary/aromatic N) is 4. The Morgan fingerprint density at radius 1 is 1.30 bits per heavy atom. The predicted octanol–water partition coefficient (Wildman–Crippen LogP) is 2.97. The third-order valence-electron chi connectivity index (χ3n) is 3.78. The Morgan fingerprint density at radius 2 is 2.07 bits per heavy atom. The summed E-state index contributed by atoms with van der Waals surface area (Å²) in [7, 11) is 0. The molecule has 0 unspecified atom stereocenters. The van der Waals surface area contributed by atoms with Crippen LogP contribution in [0.2, 0.25) is 0 Å². The molecule has 1 atom stereocenters. The molecular weight excluding hydrogens is 366 g/mol. The van der Waals surface area contributed by atoms with E-state index in [1.807, 2.05) is 12.1 Å². The lowest BCUT2D eigenvalue weighted by atomic mass is 10.2. The van der Waals surface area contributed by atoms with Gasteiger partial charge in [-0.2, -0.15) is 0 Å². The molecule has 27 heavy (non-hydrogen) atoms. The minimum Gasteiger partial charge on any atom is -0.351 e. The topological polar surface area (TPSA) is 103 Å². The molecule has 0 saturated carbocycles. The van der Waals surface area contributed by atoms with E-state index in [0.717, 1.165) is 16.3 Å². The average molecular weight is 383 g/mol. The van der Waals surface area contributed by atoms with Crippen LogP contribution in [0.4, 0.5) is 5.69 Å². The number of nitro groups is 1. The van der Waals surface area contributed by atoms with Crippen LogP contribution in [0.5, 0.6) is 0 Å². The van der Waals surface area contributed by atoms with E-state index >= 15 is 0 Å². The zero-order valence-electron chi connectivity index (χ0n) is 14.5. The van der Waals surface area contributed by atoms with Crippen LogP contribution in [-0.4, -0.2) is 30.6 Å². The van der Waals surface area contributed by atoms with Crippen molar-refractivity contribution in [2.75, 3.05) is 0 Å². The van der Waals surface area contributed by atoms with Crippen LogP contribution < -0.4 is 5.32 Å². The van der Waals surface area contributed by atoms with Crippen LogP contribution in [0.1, 0.15) is 12.5 Å². The van der Waals surface area contributed by atoms with Crippen LogP contribution in [0, 0.1) is 10.1 Å². The van der Waals surface area contributed by atoms with Gasteiger partial charge in [-0.15, -0.1) is 11.8 Å². The number of benzene rings is 1. The maximum Gasteiger partial charge on any atom is 0.269 e. The predicted molar refractivity (Wildman–Crippen MR) is 102 cm³/mol. The maximum atomic E-state index is 12.3. The van der Waals surface area contributed by atoms with Gasteiger partial charge in [-0.3, -0.25) is 19.5 Å². The van der Waals surface area contributed by atoms with Crippen LogP contribution in [-0.2, 0) is 11.3 Å². The molecular formula is C18H17N5O3S. The second-order valence-electron chi connectivity index (χ2n) is 5.72. The smallest absolute Gasteiger partial charge is 0.269 e. The van der Waals surface area contributed by atoms with Crippen molar-refractivity contribution in [3.63, 3.8) is 0 Å². The Morgan fingerprint density at radius 3 is 2.74 bits per heavy atom. The summed E-state index contributed by atoms with van der Waals surface area (Å²) in [4.78, 5) is 31.7. The third-order valence-corrected chi connectivity index (χ3v) is 4.89. The van der Waals surface area contributed by atoms with E-state index in [1.165, 1.54) is 23.9 Å². The fraction of sp³-hybridized carbons (Fsp3) is 0.167. The molecule has 8 nitrogen and oxygen atoms in total. The zero-order valence-corrected chi connectivity index (χ0v) is 15.3. The second kappa shape index (κ2) is 8.45. The highest BCUT2D eigenvalue weighted by atomic mass is 32.2. The summed E-state index contributed by atoms with van der Waals surface area (Å²) in [5.74, 6) is 0.617. The van der Waals surface area contributed by atoms with Crippen molar-refractivity contribution in [1.29, 1.82) is 0 Å². The van der Waals surface area contributed by atoms with Crippen molar-refractivity contribution < 1.29 is 9.72 Å². The van der Waals surface area contributed by atoms with E-state index in [9.17, 15) is 14.9 Å². The zero-order chi connectivity index (χ0) is 19.2. The van der Waals surface area contributed by atoms with Crippen molar-refractivity contribution in [2.45, 2.75) is 23.6 Å². The fourth-order valence-electron chi connectivity index (χ4n) is 2.34. The molecule has 2 heterocycles. The molecule has 2 aromatic heterocycles. The molecule has 1 aromatic carbocycles. The second-order valence-corrected chi connectivity index (χ2v) is 7.14. The summed E-state index contributed by atoms with van der Waals surface area (Å²) in [5, 5.41) is 13.3. The molecule has 0 saturated heterocycles. The number of thioether (sulfide) groups is 1. The summed E-state index contributed by atoms with van der Waals surface area (Å²) in [6.45, 7) is 2.18. The molecule has 0 fully saturated rings. The summed E-state index contributed by atoms with van der Waals surface area (Å²) < 4.78 is 1.79. The van der Waals surface area contributed by atoms with E-state index in [2.05, 4.69) is 15.3 Å². The Labute approximate surface area is 159 Å². The van der Waals surface area contributed by atoms with E-state index in [0.29, 0.717) is 6.54 Å². The molecule has 9 heteroatoms. The fourth-order valence-corrected chi connectivity index (χ4v) is 3.24. The third kappa shape index (κ3) is 4.91. The average Bonchev–Trinajstić information content (AvgIpc) is 3.21. The van der Waals surface area contributed by atoms with Crippen LogP contribution in [0.25, 0.3) is 5.82 Å². The molecule has 0 aliphatic heterocycles. The number of aromatic nitrogens is 3. The first-order valence-electron chi connectivity index (χ1n) is 8.15. The first kappa shape index (κ1) is 18.6. The van der Waals surface area contributed by atoms with E-state index < -0.39 is 4.92 Å². The summed E-state index contributed by atoms with van der Waals surface area (Å²) in [6, 6.07) is 9.88. The van der Waals surface area contributed by atoms with Gasteiger partial charge in [0.1, 0.15) is 12.1 Å². The largest absolute Gasteiger partial charge is 0.351 e. The minimum atomic E-state index is -0.447. The first-order chi connectivity index (χ1) is 13.0. The van der Waals surface area contributed by atoms with E-state index in [1.54, 1.807) is 48.5 Å². The van der Waals surface area contributed by atoms with Gasteiger partial charge in [-0.05, 0) is 36.8 Å². The lowest BCUT2D eigenvalue weighted by molar-refractivity contribution is -0.384. The molecule has 0 aliphatic carbocycles. The van der Waals surface area contributed by atoms with Gasteiger partial charge in [0.05, 0.1) is 10.2 Å². The first-order valence-corrected chi connectivity index (χ1v) is 9.03. The Bertz CT molecular complexity index is 928. The number of non-ortho nitro benzene ring substituents is 1. The monoisotopic (exact) mass is 383 g/mol. The number of nitrogens with one attached hydrogen (secondary N) is 1. The van der Waals surface area contributed by atoms with Gasteiger partial charge in [0.25, 0.3) is 5.69 Å². The molecule has 3 aromatic rings. The molecule has 3 rings (SSSR count). The highest BCUT2D eigenvalue weighted by Crippen LogP contribution is 2.25. The van der Waals surface area contributed by atoms with Gasteiger partial charge in [-0.1, -0.05) is 0 Å². The molecule has 138 valence electrons. The molecule has 1 N–H and O–H groups in total. The number of pyridine rings is 1. The standard InChI is InChI=1S/C18H17N5O3S/c1-13(27-16-4-2-15(3-5-16)23(25)26)18(24)21-11-14-6-7-20-17(10-14)22-9-8-19-12-22/h2-10,12-13H,11H2,1H3,(H,21,24)/t13-/m0/s1. The number of carbonyl (C=O) groups is 1. The number of imidazole rings is 1. The summed E-state index contributed by atoms with van der Waals surface area (Å²) in [5.41, 5.74) is 0.956. The maximum absolute atomic E-state index is 12.3. The van der Waals surface area contributed by atoms with Crippen LogP contribution in [0.15, 0.2) is 66.2 Å². The molecule has 0 radical (unpaired) electrons. The Kier molecular flexibility index (Phi) is 5.82. The number of rotatable bonds is 7. The summed E-state index contributed by atoms with van der Waals surface area (Å²) in [6.07, 6.45) is 6.82. The van der Waals surface area contributed by atoms with Crippen molar-refractivity contribution >= 4 is 23.4 Å². The molecule has 0 aliphatic rings. The highest BCUT2D eigenvalue weighted by molar-refractivity contribution is 8.00. The van der Waals surface area contributed by atoms with Crippen molar-refractivity contribution in [2.24, 2.45) is 0 Å². The lowest BCUT2D eigenvalue weighted by Gasteiger charge is -2.12. The number of hydrogen-bond donors (Lipinski definition) is 1. The molecule has 0 spiro atoms. The van der Waals surface area contributed by atoms with Crippen molar-refractivity contribution in [3.05, 3.63) is 77.0 Å².